The van der Waals surface area contributed by atoms with Crippen LogP contribution in [-0.2, 0) is 17.8 Å². The lowest BCUT2D eigenvalue weighted by Gasteiger charge is -2.24. The van der Waals surface area contributed by atoms with Gasteiger partial charge in [-0.2, -0.15) is 0 Å². The summed E-state index contributed by atoms with van der Waals surface area (Å²) in [5, 5.41) is 11.3. The lowest BCUT2D eigenvalue weighted by atomic mass is 10.1. The number of aromatic nitrogens is 4. The van der Waals surface area contributed by atoms with Crippen molar-refractivity contribution >= 4 is 11.8 Å². The number of alkyl halides is 1. The fraction of sp³-hybridized carbons (Fsp3) is 0.533. The van der Waals surface area contributed by atoms with E-state index in [2.05, 4.69) is 15.5 Å². The van der Waals surface area contributed by atoms with E-state index < -0.39 is 12.1 Å². The summed E-state index contributed by atoms with van der Waals surface area (Å²) in [4.78, 5) is 25.2. The van der Waals surface area contributed by atoms with Crippen molar-refractivity contribution < 1.29 is 18.5 Å². The molecule has 10 heteroatoms. The molecule has 0 unspecified atom stereocenters. The third-order valence-corrected chi connectivity index (χ3v) is 4.38. The van der Waals surface area contributed by atoms with Crippen LogP contribution >= 0.6 is 0 Å². The Morgan fingerprint density at radius 2 is 2.20 bits per heavy atom. The Morgan fingerprint density at radius 1 is 1.44 bits per heavy atom. The Kier molecular flexibility index (Phi) is 4.51. The van der Waals surface area contributed by atoms with Crippen LogP contribution in [0.2, 0.25) is 0 Å². The molecule has 25 heavy (non-hydrogen) atoms. The van der Waals surface area contributed by atoms with Crippen molar-refractivity contribution in [1.29, 1.82) is 0 Å². The summed E-state index contributed by atoms with van der Waals surface area (Å²) >= 11 is 0. The third kappa shape index (κ3) is 3.52. The van der Waals surface area contributed by atoms with Crippen LogP contribution in [0.1, 0.15) is 33.9 Å². The molecule has 9 nitrogen and oxygen atoms in total. The summed E-state index contributed by atoms with van der Waals surface area (Å²) in [5.41, 5.74) is 6.55. The van der Waals surface area contributed by atoms with Crippen molar-refractivity contribution in [3.8, 4) is 0 Å². The summed E-state index contributed by atoms with van der Waals surface area (Å²) in [5.74, 6) is -0.303. The molecule has 0 aromatic carbocycles. The number of aryl methyl sites for hydroxylation is 2. The second kappa shape index (κ2) is 6.61. The number of amides is 2. The Labute approximate surface area is 142 Å². The molecular weight excluding hydrogens is 331 g/mol. The monoisotopic (exact) mass is 350 g/mol. The second-order valence-corrected chi connectivity index (χ2v) is 6.20. The van der Waals surface area contributed by atoms with Crippen LogP contribution in [0.15, 0.2) is 10.7 Å². The van der Waals surface area contributed by atoms with Crippen molar-refractivity contribution in [2.75, 3.05) is 6.54 Å². The predicted octanol–water partition coefficient (Wildman–Crippen LogP) is 0.164. The van der Waals surface area contributed by atoms with Crippen LogP contribution in [0.25, 0.3) is 0 Å². The first-order valence-electron chi connectivity index (χ1n) is 7.90. The fourth-order valence-corrected chi connectivity index (χ4v) is 3.06. The van der Waals surface area contributed by atoms with E-state index in [-0.39, 0.29) is 43.6 Å². The number of carbonyl (C=O) groups is 2. The van der Waals surface area contributed by atoms with Gasteiger partial charge in [-0.25, -0.2) is 9.07 Å². The van der Waals surface area contributed by atoms with Gasteiger partial charge < -0.3 is 15.2 Å². The van der Waals surface area contributed by atoms with Crippen LogP contribution < -0.4 is 5.73 Å². The Hall–Kier alpha value is -2.78. The highest BCUT2D eigenvalue weighted by Gasteiger charge is 2.36. The van der Waals surface area contributed by atoms with Crippen molar-refractivity contribution in [3.63, 3.8) is 0 Å². The smallest absolute Gasteiger partial charge is 0.270 e. The molecule has 2 N–H and O–H groups in total. The van der Waals surface area contributed by atoms with Crippen molar-refractivity contribution in [3.05, 3.63) is 28.9 Å². The molecule has 0 bridgehead atoms. The van der Waals surface area contributed by atoms with Gasteiger partial charge in [0.1, 0.15) is 11.9 Å². The largest absolute Gasteiger partial charge is 0.364 e. The molecule has 1 fully saturated rings. The van der Waals surface area contributed by atoms with Crippen LogP contribution in [0.4, 0.5) is 4.39 Å². The van der Waals surface area contributed by atoms with E-state index in [1.165, 1.54) is 15.8 Å². The van der Waals surface area contributed by atoms with Crippen LogP contribution in [0.5, 0.6) is 0 Å². The van der Waals surface area contributed by atoms with Gasteiger partial charge in [-0.15, -0.1) is 5.10 Å². The number of hydrogen-bond acceptors (Lipinski definition) is 6. The quantitative estimate of drug-likeness (QED) is 0.820. The number of rotatable bonds is 5. The first kappa shape index (κ1) is 17.1. The maximum atomic E-state index is 13.9. The molecule has 1 aliphatic heterocycles. The molecular formula is C15H19FN6O3. The minimum atomic E-state index is -1.10. The van der Waals surface area contributed by atoms with Gasteiger partial charge in [-0.05, 0) is 13.8 Å². The van der Waals surface area contributed by atoms with Gasteiger partial charge in [0.2, 0.25) is 5.91 Å². The first-order valence-corrected chi connectivity index (χ1v) is 7.90. The Bertz CT molecular complexity index is 782. The van der Waals surface area contributed by atoms with E-state index in [0.717, 1.165) is 5.56 Å². The van der Waals surface area contributed by atoms with Gasteiger partial charge in [0.15, 0.2) is 5.69 Å². The summed E-state index contributed by atoms with van der Waals surface area (Å²) < 4.78 is 20.4. The molecule has 1 saturated heterocycles. The molecule has 1 aliphatic rings. The number of primary amides is 1. The minimum absolute atomic E-state index is 0.0309. The summed E-state index contributed by atoms with van der Waals surface area (Å²) in [6.45, 7) is 3.78. The lowest BCUT2D eigenvalue weighted by molar-refractivity contribution is -0.131. The average molecular weight is 350 g/mol. The number of nitrogens with zero attached hydrogens (tertiary/aromatic N) is 5. The Morgan fingerprint density at radius 3 is 2.80 bits per heavy atom. The minimum Gasteiger partial charge on any atom is -0.364 e. The maximum absolute atomic E-state index is 13.9. The SMILES string of the molecule is Cc1noc(C)c1CC(=O)N1C[C@@H](F)C[C@H]1Cn1cc(C(N)=O)nn1. The van der Waals surface area contributed by atoms with E-state index in [1.807, 2.05) is 0 Å². The number of likely N-dealkylation sites (tertiary alicyclic amines) is 1. The zero-order valence-corrected chi connectivity index (χ0v) is 14.0. The van der Waals surface area contributed by atoms with E-state index in [0.29, 0.717) is 11.5 Å². The number of halogens is 1. The van der Waals surface area contributed by atoms with Gasteiger partial charge in [0.05, 0.1) is 37.4 Å². The molecule has 0 radical (unpaired) electrons. The van der Waals surface area contributed by atoms with Gasteiger partial charge in [-0.1, -0.05) is 10.4 Å². The van der Waals surface area contributed by atoms with Crippen molar-refractivity contribution in [2.45, 2.75) is 45.4 Å². The molecule has 2 amide bonds. The molecule has 2 aromatic rings. The summed E-state index contributed by atoms with van der Waals surface area (Å²) in [7, 11) is 0. The predicted molar refractivity (Wildman–Crippen MR) is 83.2 cm³/mol. The van der Waals surface area contributed by atoms with Gasteiger partial charge in [0.25, 0.3) is 5.91 Å². The highest BCUT2D eigenvalue weighted by atomic mass is 19.1. The van der Waals surface area contributed by atoms with Crippen molar-refractivity contribution in [2.24, 2.45) is 5.73 Å². The zero-order valence-electron chi connectivity index (χ0n) is 14.0. The molecule has 2 aromatic heterocycles. The van der Waals surface area contributed by atoms with E-state index in [4.69, 9.17) is 10.3 Å². The normalized spacial score (nSPS) is 20.2. The van der Waals surface area contributed by atoms with E-state index in [9.17, 15) is 14.0 Å². The molecule has 2 atom stereocenters. The van der Waals surface area contributed by atoms with Crippen LogP contribution in [0, 0.1) is 13.8 Å². The van der Waals surface area contributed by atoms with Crippen molar-refractivity contribution in [1.82, 2.24) is 25.1 Å². The van der Waals surface area contributed by atoms with Gasteiger partial charge in [-0.3, -0.25) is 9.59 Å². The van der Waals surface area contributed by atoms with E-state index >= 15 is 0 Å². The van der Waals surface area contributed by atoms with E-state index in [1.54, 1.807) is 13.8 Å². The lowest BCUT2D eigenvalue weighted by Crippen LogP contribution is -2.39. The summed E-state index contributed by atoms with van der Waals surface area (Å²) in [6.07, 6.45) is 0.607. The molecule has 0 saturated carbocycles. The average Bonchev–Trinajstić information content (AvgIpc) is 3.23. The Balaban J connectivity index is 1.72. The standard InChI is InChI=1S/C15H19FN6O3/c1-8-12(9(2)25-19-8)4-14(23)22-5-10(16)3-11(22)6-21-7-13(15(17)24)18-20-21/h7,10-11H,3-6H2,1-2H3,(H2,17,24)/t10-,11-/m0/s1. The second-order valence-electron chi connectivity index (χ2n) is 6.20. The highest BCUT2D eigenvalue weighted by Crippen LogP contribution is 2.24. The molecule has 0 aliphatic carbocycles. The highest BCUT2D eigenvalue weighted by molar-refractivity contribution is 5.90. The third-order valence-electron chi connectivity index (χ3n) is 4.38. The van der Waals surface area contributed by atoms with Gasteiger partial charge in [0, 0.05) is 12.0 Å². The molecule has 3 heterocycles. The topological polar surface area (TPSA) is 120 Å². The number of nitrogens with two attached hydrogens (primary N) is 1. The molecule has 0 spiro atoms. The number of carbonyl (C=O) groups excluding carboxylic acids is 2. The maximum Gasteiger partial charge on any atom is 0.270 e. The number of hydrogen-bond donors (Lipinski definition) is 1. The van der Waals surface area contributed by atoms with Gasteiger partial charge >= 0.3 is 0 Å². The van der Waals surface area contributed by atoms with Crippen LogP contribution in [0.3, 0.4) is 0 Å². The molecule has 3 rings (SSSR count). The van der Waals surface area contributed by atoms with Crippen LogP contribution in [-0.4, -0.2) is 55.6 Å². The first-order chi connectivity index (χ1) is 11.8. The fourth-order valence-electron chi connectivity index (χ4n) is 3.06. The molecule has 134 valence electrons. The summed E-state index contributed by atoms with van der Waals surface area (Å²) in [6, 6.07) is -0.370. The zero-order chi connectivity index (χ0) is 18.1.